The average Bonchev–Trinajstić information content (AvgIpc) is 3.96. The topological polar surface area (TPSA) is 8.82 Å². The first-order chi connectivity index (χ1) is 25.8. The van der Waals surface area contributed by atoms with Crippen LogP contribution in [0.4, 0.5) is 0 Å². The van der Waals surface area contributed by atoms with Crippen LogP contribution < -0.4 is 0 Å². The van der Waals surface area contributed by atoms with E-state index in [-0.39, 0.29) is 29.0 Å². The van der Waals surface area contributed by atoms with Crippen molar-refractivity contribution in [1.29, 1.82) is 0 Å². The molecular weight excluding hydrogens is 762 g/mol. The Balaban J connectivity index is 1.22. The molecule has 0 fully saturated rings. The van der Waals surface area contributed by atoms with E-state index in [9.17, 15) is 0 Å². The van der Waals surface area contributed by atoms with E-state index < -0.39 is 0 Å². The number of rotatable bonds is 2. The van der Waals surface area contributed by atoms with Crippen molar-refractivity contribution in [2.75, 3.05) is 0 Å². The van der Waals surface area contributed by atoms with Gasteiger partial charge >= 0.3 is 311 Å². The Labute approximate surface area is 309 Å². The predicted molar refractivity (Wildman–Crippen MR) is 224 cm³/mol. The monoisotopic (exact) mass is 790 g/mol. The fraction of sp³-hybridized carbons (Fsp3) is 0. The second-order valence-corrected chi connectivity index (χ2v) is 18.4. The minimum absolute atomic E-state index is 0.259. The molecule has 0 aliphatic rings. The molecule has 240 valence electrons. The zero-order valence-electron chi connectivity index (χ0n) is 27.7. The summed E-state index contributed by atoms with van der Waals surface area (Å²) >= 11 is 0.518. The molecule has 0 saturated heterocycles. The Morgan fingerprint density at radius 3 is 1.17 bits per heavy atom. The van der Waals surface area contributed by atoms with Gasteiger partial charge in [0.2, 0.25) is 0 Å². The van der Waals surface area contributed by atoms with Gasteiger partial charge in [0.15, 0.2) is 0 Å². The maximum atomic E-state index is 2.58. The van der Waals surface area contributed by atoms with Gasteiger partial charge in [-0.15, -0.1) is 0 Å². The molecule has 0 N–H and O–H groups in total. The van der Waals surface area contributed by atoms with Crippen molar-refractivity contribution in [1.82, 2.24) is 8.80 Å². The Kier molecular flexibility index (Phi) is 5.42. The third kappa shape index (κ3) is 3.42. The van der Waals surface area contributed by atoms with Crippen LogP contribution in [0.3, 0.4) is 0 Å². The first-order valence-corrected chi connectivity index (χ1v) is 21.2. The summed E-state index contributed by atoms with van der Waals surface area (Å²) in [4.78, 5) is 0. The van der Waals surface area contributed by atoms with E-state index in [2.05, 4.69) is 167 Å². The van der Waals surface area contributed by atoms with Crippen LogP contribution in [-0.4, -0.2) is 37.8 Å². The number of benzene rings is 8. The molecule has 13 aromatic rings. The number of nitrogens with zero attached hydrogens (tertiary/aromatic N) is 2. The second kappa shape index (κ2) is 10.0. The van der Waals surface area contributed by atoms with Crippen LogP contribution in [0.25, 0.3) is 115 Å². The molecular formula is C48H26N2Se2. The zero-order valence-corrected chi connectivity index (χ0v) is 31.1. The van der Waals surface area contributed by atoms with Gasteiger partial charge in [-0.05, 0) is 0 Å². The van der Waals surface area contributed by atoms with E-state index >= 15 is 0 Å². The van der Waals surface area contributed by atoms with Gasteiger partial charge in [-0.2, -0.15) is 0 Å². The summed E-state index contributed by atoms with van der Waals surface area (Å²) in [6.45, 7) is 0. The Bertz CT molecular complexity index is 3400. The third-order valence-electron chi connectivity index (χ3n) is 11.5. The fourth-order valence-corrected chi connectivity index (χ4v) is 14.6. The van der Waals surface area contributed by atoms with Gasteiger partial charge in [0.05, 0.1) is 0 Å². The fourth-order valence-electron chi connectivity index (χ4n) is 9.39. The molecule has 0 aliphatic heterocycles. The first kappa shape index (κ1) is 28.0. The van der Waals surface area contributed by atoms with Crippen molar-refractivity contribution in [2.24, 2.45) is 0 Å². The van der Waals surface area contributed by atoms with E-state index in [1.54, 1.807) is 0 Å². The molecule has 0 atom stereocenters. The second-order valence-electron chi connectivity index (χ2n) is 14.0. The van der Waals surface area contributed by atoms with Gasteiger partial charge in [0.25, 0.3) is 0 Å². The summed E-state index contributed by atoms with van der Waals surface area (Å²) < 4.78 is 11.1. The van der Waals surface area contributed by atoms with Gasteiger partial charge in [0.1, 0.15) is 0 Å². The normalized spacial score (nSPS) is 12.6. The van der Waals surface area contributed by atoms with E-state index in [0.717, 1.165) is 0 Å². The Hall–Kier alpha value is -5.60. The van der Waals surface area contributed by atoms with Crippen molar-refractivity contribution >= 4 is 122 Å². The number of hydrogen-bond donors (Lipinski definition) is 0. The van der Waals surface area contributed by atoms with E-state index in [1.165, 1.54) is 115 Å². The van der Waals surface area contributed by atoms with Gasteiger partial charge < -0.3 is 0 Å². The molecule has 0 radical (unpaired) electrons. The van der Waals surface area contributed by atoms with Crippen molar-refractivity contribution in [3.8, 4) is 22.3 Å². The SMILES string of the molecule is c1ccc2c(c1)[se]c1c(-c3ccc4c5c3c3ccccc3n5c3ccc(-c5cccc6c5[se]c5ccccc56)c5c6ccccc6n4c53)cccc12. The van der Waals surface area contributed by atoms with Gasteiger partial charge in [-0.1, -0.05) is 0 Å². The molecule has 5 aromatic heterocycles. The molecule has 8 aromatic carbocycles. The number of para-hydroxylation sites is 2. The molecule has 13 rings (SSSR count). The summed E-state index contributed by atoms with van der Waals surface area (Å²) in [6.07, 6.45) is 0. The zero-order chi connectivity index (χ0) is 33.7. The number of fused-ring (bicyclic) bond motifs is 14. The predicted octanol–water partition coefficient (Wildman–Crippen LogP) is 12.3. The van der Waals surface area contributed by atoms with Crippen LogP contribution in [0.15, 0.2) is 158 Å². The van der Waals surface area contributed by atoms with Crippen LogP contribution in [0, 0.1) is 0 Å². The minimum atomic E-state index is 0.259. The third-order valence-corrected chi connectivity index (χ3v) is 16.6. The molecule has 5 heterocycles. The molecule has 4 heteroatoms. The van der Waals surface area contributed by atoms with Crippen molar-refractivity contribution in [3.63, 3.8) is 0 Å². The molecule has 0 aliphatic carbocycles. The van der Waals surface area contributed by atoms with Gasteiger partial charge in [-0.25, -0.2) is 0 Å². The summed E-state index contributed by atoms with van der Waals surface area (Å²) in [5.74, 6) is 0. The molecule has 0 spiro atoms. The standard InChI is InChI=1S/C48H26N2Se2/c1-5-19-37-35(13-1)43-29(33-17-9-15-31-27-11-3-7-21-41(27)51-47(31)33)23-25-39-45(43)49(37)40-26-24-30(44-36-14-2-6-20-38(36)50(39)46(40)44)34-18-10-16-32-28-12-4-8-22-42(28)52-48(32)34/h1-26H. The van der Waals surface area contributed by atoms with E-state index in [1.807, 2.05) is 0 Å². The molecule has 0 saturated carbocycles. The molecule has 0 amide bonds. The van der Waals surface area contributed by atoms with Crippen LogP contribution >= 0.6 is 0 Å². The van der Waals surface area contributed by atoms with Gasteiger partial charge in [-0.3, -0.25) is 0 Å². The van der Waals surface area contributed by atoms with Gasteiger partial charge in [0, 0.05) is 0 Å². The van der Waals surface area contributed by atoms with Crippen LogP contribution in [0.2, 0.25) is 0 Å². The Morgan fingerprint density at radius 2 is 0.692 bits per heavy atom. The summed E-state index contributed by atoms with van der Waals surface area (Å²) in [6, 6.07) is 59.6. The Morgan fingerprint density at radius 1 is 0.288 bits per heavy atom. The van der Waals surface area contributed by atoms with Crippen LogP contribution in [0.5, 0.6) is 0 Å². The van der Waals surface area contributed by atoms with E-state index in [4.69, 9.17) is 0 Å². The first-order valence-electron chi connectivity index (χ1n) is 17.8. The van der Waals surface area contributed by atoms with Crippen molar-refractivity contribution in [2.45, 2.75) is 0 Å². The molecule has 0 unspecified atom stereocenters. The molecule has 2 nitrogen and oxygen atoms in total. The van der Waals surface area contributed by atoms with Crippen LogP contribution in [-0.2, 0) is 0 Å². The van der Waals surface area contributed by atoms with Crippen molar-refractivity contribution < 1.29 is 0 Å². The summed E-state index contributed by atoms with van der Waals surface area (Å²) in [5.41, 5.74) is 13.0. The maximum absolute atomic E-state index is 2.58. The average molecular weight is 789 g/mol. The van der Waals surface area contributed by atoms with E-state index in [0.29, 0.717) is 0 Å². The molecule has 0 bridgehead atoms. The summed E-state index contributed by atoms with van der Waals surface area (Å²) in [7, 11) is 0. The molecule has 52 heavy (non-hydrogen) atoms. The number of aromatic nitrogens is 2. The quantitative estimate of drug-likeness (QED) is 0.122. The van der Waals surface area contributed by atoms with Crippen molar-refractivity contribution in [3.05, 3.63) is 158 Å². The van der Waals surface area contributed by atoms with Crippen LogP contribution in [0.1, 0.15) is 0 Å². The number of hydrogen-bond acceptors (Lipinski definition) is 0. The summed E-state index contributed by atoms with van der Waals surface area (Å²) in [5, 5.41) is 10.9.